The minimum atomic E-state index is -0.437. The van der Waals surface area contributed by atoms with Crippen molar-refractivity contribution in [1.29, 1.82) is 0 Å². The fourth-order valence-corrected chi connectivity index (χ4v) is 3.06. The maximum absolute atomic E-state index is 13.7. The van der Waals surface area contributed by atoms with Gasteiger partial charge in [0, 0.05) is 45.8 Å². The Kier molecular flexibility index (Phi) is 7.97. The van der Waals surface area contributed by atoms with E-state index < -0.39 is 11.6 Å². The molecule has 0 atom stereocenters. The van der Waals surface area contributed by atoms with Gasteiger partial charge in [-0.1, -0.05) is 0 Å². The van der Waals surface area contributed by atoms with Crippen LogP contribution in [0.4, 0.5) is 8.78 Å². The molecule has 1 aromatic rings. The first-order chi connectivity index (χ1) is 12.9. The number of hydrogen-bond acceptors (Lipinski definition) is 3. The fourth-order valence-electron chi connectivity index (χ4n) is 3.06. The second kappa shape index (κ2) is 10.2. The van der Waals surface area contributed by atoms with E-state index in [9.17, 15) is 13.6 Å². The normalized spacial score (nSPS) is 15.9. The number of benzene rings is 1. The molecular weight excluding hydrogens is 352 g/mol. The Bertz CT molecular complexity index is 658. The minimum Gasteiger partial charge on any atom is -0.356 e. The van der Waals surface area contributed by atoms with Crippen LogP contribution in [-0.2, 0) is 11.2 Å². The average Bonchev–Trinajstić information content (AvgIpc) is 2.62. The smallest absolute Gasteiger partial charge is 0.234 e. The van der Waals surface area contributed by atoms with Gasteiger partial charge in [-0.2, -0.15) is 0 Å². The van der Waals surface area contributed by atoms with Crippen molar-refractivity contribution in [2.24, 2.45) is 4.99 Å². The molecule has 1 aliphatic rings. The van der Waals surface area contributed by atoms with Crippen LogP contribution in [0.2, 0.25) is 0 Å². The van der Waals surface area contributed by atoms with Gasteiger partial charge in [-0.15, -0.1) is 0 Å². The maximum atomic E-state index is 13.7. The number of carbonyl (C=O) groups is 1. The SMILES string of the molecule is CN=C(NCCc1cc(F)ccc1F)N1CCN(CC(=O)NC(C)C)CC1. The number of amides is 1. The highest BCUT2D eigenvalue weighted by molar-refractivity contribution is 5.80. The molecule has 0 unspecified atom stereocenters. The number of rotatable bonds is 6. The molecule has 0 radical (unpaired) electrons. The summed E-state index contributed by atoms with van der Waals surface area (Å²) in [5.74, 6) is -0.0638. The highest BCUT2D eigenvalue weighted by atomic mass is 19.1. The summed E-state index contributed by atoms with van der Waals surface area (Å²) in [6.07, 6.45) is 0.373. The quantitative estimate of drug-likeness (QED) is 0.575. The van der Waals surface area contributed by atoms with Gasteiger partial charge in [0.05, 0.1) is 6.54 Å². The summed E-state index contributed by atoms with van der Waals surface area (Å²) in [7, 11) is 1.70. The monoisotopic (exact) mass is 381 g/mol. The van der Waals surface area contributed by atoms with Crippen molar-refractivity contribution in [3.05, 3.63) is 35.4 Å². The third-order valence-electron chi connectivity index (χ3n) is 4.39. The predicted molar refractivity (Wildman–Crippen MR) is 103 cm³/mol. The molecule has 1 amide bonds. The standard InChI is InChI=1S/C19H29F2N5O/c1-14(2)24-18(27)13-25-8-10-26(11-9-25)19(22-3)23-7-6-15-12-16(20)4-5-17(15)21/h4-5,12,14H,6-11,13H2,1-3H3,(H,22,23)(H,24,27). The Morgan fingerprint density at radius 3 is 2.56 bits per heavy atom. The number of nitrogens with one attached hydrogen (secondary N) is 2. The Balaban J connectivity index is 1.77. The number of hydrogen-bond donors (Lipinski definition) is 2. The molecule has 0 aliphatic carbocycles. The first kappa shape index (κ1) is 21.1. The zero-order chi connectivity index (χ0) is 19.8. The second-order valence-corrected chi connectivity index (χ2v) is 6.95. The van der Waals surface area contributed by atoms with Gasteiger partial charge < -0.3 is 15.5 Å². The van der Waals surface area contributed by atoms with Crippen molar-refractivity contribution >= 4 is 11.9 Å². The van der Waals surface area contributed by atoms with Crippen LogP contribution in [-0.4, -0.2) is 74.0 Å². The van der Waals surface area contributed by atoms with E-state index >= 15 is 0 Å². The molecule has 1 fully saturated rings. The van der Waals surface area contributed by atoms with Crippen LogP contribution in [0.5, 0.6) is 0 Å². The van der Waals surface area contributed by atoms with Crippen LogP contribution in [0.1, 0.15) is 19.4 Å². The summed E-state index contributed by atoms with van der Waals surface area (Å²) >= 11 is 0. The van der Waals surface area contributed by atoms with Crippen molar-refractivity contribution in [3.63, 3.8) is 0 Å². The Hall–Kier alpha value is -2.22. The average molecular weight is 381 g/mol. The largest absolute Gasteiger partial charge is 0.356 e. The van der Waals surface area contributed by atoms with Crippen LogP contribution < -0.4 is 10.6 Å². The van der Waals surface area contributed by atoms with Crippen LogP contribution in [0.25, 0.3) is 0 Å². The molecular formula is C19H29F2N5O. The van der Waals surface area contributed by atoms with E-state index in [-0.39, 0.29) is 11.9 Å². The van der Waals surface area contributed by atoms with Gasteiger partial charge in [-0.3, -0.25) is 14.7 Å². The lowest BCUT2D eigenvalue weighted by Gasteiger charge is -2.36. The number of piperazine rings is 1. The van der Waals surface area contributed by atoms with Crippen LogP contribution in [0.3, 0.4) is 0 Å². The maximum Gasteiger partial charge on any atom is 0.234 e. The predicted octanol–water partition coefficient (Wildman–Crippen LogP) is 1.22. The first-order valence-corrected chi connectivity index (χ1v) is 9.30. The fraction of sp³-hybridized carbons (Fsp3) is 0.579. The van der Waals surface area contributed by atoms with E-state index in [1.807, 2.05) is 13.8 Å². The third-order valence-corrected chi connectivity index (χ3v) is 4.39. The second-order valence-electron chi connectivity index (χ2n) is 6.95. The minimum absolute atomic E-state index is 0.0399. The number of halogens is 2. The number of nitrogens with zero attached hydrogens (tertiary/aromatic N) is 3. The molecule has 27 heavy (non-hydrogen) atoms. The van der Waals surface area contributed by atoms with E-state index in [0.29, 0.717) is 25.1 Å². The molecule has 0 saturated carbocycles. The Morgan fingerprint density at radius 2 is 1.93 bits per heavy atom. The molecule has 1 aliphatic heterocycles. The van der Waals surface area contributed by atoms with E-state index in [2.05, 4.69) is 25.4 Å². The number of aliphatic imine (C=N–C) groups is 1. The molecule has 1 aromatic carbocycles. The molecule has 0 spiro atoms. The zero-order valence-electron chi connectivity index (χ0n) is 16.3. The highest BCUT2D eigenvalue weighted by Crippen LogP contribution is 2.10. The van der Waals surface area contributed by atoms with E-state index in [0.717, 1.165) is 44.3 Å². The van der Waals surface area contributed by atoms with Crippen molar-refractivity contribution in [2.45, 2.75) is 26.3 Å². The van der Waals surface area contributed by atoms with Gasteiger partial charge in [0.25, 0.3) is 0 Å². The van der Waals surface area contributed by atoms with Crippen LogP contribution in [0, 0.1) is 11.6 Å². The molecule has 1 heterocycles. The summed E-state index contributed by atoms with van der Waals surface area (Å²) in [5, 5.41) is 6.10. The molecule has 2 rings (SSSR count). The Labute approximate surface area is 159 Å². The number of carbonyl (C=O) groups excluding carboxylic acids is 1. The van der Waals surface area contributed by atoms with E-state index in [1.165, 1.54) is 6.07 Å². The lowest BCUT2D eigenvalue weighted by Crippen LogP contribution is -2.54. The van der Waals surface area contributed by atoms with E-state index in [1.54, 1.807) is 7.05 Å². The summed E-state index contributed by atoms with van der Waals surface area (Å²) in [6, 6.07) is 3.63. The number of guanidine groups is 1. The topological polar surface area (TPSA) is 60.0 Å². The summed E-state index contributed by atoms with van der Waals surface area (Å²) < 4.78 is 26.9. The first-order valence-electron chi connectivity index (χ1n) is 9.30. The molecule has 1 saturated heterocycles. The van der Waals surface area contributed by atoms with Crippen molar-refractivity contribution in [1.82, 2.24) is 20.4 Å². The Morgan fingerprint density at radius 1 is 1.22 bits per heavy atom. The van der Waals surface area contributed by atoms with Gasteiger partial charge in [-0.25, -0.2) is 8.78 Å². The summed E-state index contributed by atoms with van der Waals surface area (Å²) in [5.41, 5.74) is 0.346. The van der Waals surface area contributed by atoms with Crippen LogP contribution >= 0.6 is 0 Å². The van der Waals surface area contributed by atoms with Gasteiger partial charge in [0.1, 0.15) is 11.6 Å². The zero-order valence-corrected chi connectivity index (χ0v) is 16.3. The van der Waals surface area contributed by atoms with E-state index in [4.69, 9.17) is 0 Å². The lowest BCUT2D eigenvalue weighted by molar-refractivity contribution is -0.123. The van der Waals surface area contributed by atoms with Crippen LogP contribution in [0.15, 0.2) is 23.2 Å². The molecule has 0 aromatic heterocycles. The van der Waals surface area contributed by atoms with Gasteiger partial charge in [0.2, 0.25) is 5.91 Å². The van der Waals surface area contributed by atoms with Gasteiger partial charge in [-0.05, 0) is 44.0 Å². The third kappa shape index (κ3) is 6.78. The molecule has 150 valence electrons. The summed E-state index contributed by atoms with van der Waals surface area (Å²) in [6.45, 7) is 7.80. The molecule has 2 N–H and O–H groups in total. The van der Waals surface area contributed by atoms with Crippen molar-refractivity contribution < 1.29 is 13.6 Å². The van der Waals surface area contributed by atoms with Crippen molar-refractivity contribution in [2.75, 3.05) is 46.3 Å². The van der Waals surface area contributed by atoms with Crippen molar-refractivity contribution in [3.8, 4) is 0 Å². The molecule has 8 heteroatoms. The van der Waals surface area contributed by atoms with Gasteiger partial charge >= 0.3 is 0 Å². The van der Waals surface area contributed by atoms with Gasteiger partial charge in [0.15, 0.2) is 5.96 Å². The highest BCUT2D eigenvalue weighted by Gasteiger charge is 2.21. The summed E-state index contributed by atoms with van der Waals surface area (Å²) in [4.78, 5) is 20.4. The molecule has 6 nitrogen and oxygen atoms in total. The lowest BCUT2D eigenvalue weighted by atomic mass is 10.1. The molecule has 0 bridgehead atoms.